The first-order chi connectivity index (χ1) is 10.7. The number of aliphatic hydroxyl groups excluding tert-OH is 1. The topological polar surface area (TPSA) is 23.5 Å². The minimum absolute atomic E-state index is 0.0950. The van der Waals surface area contributed by atoms with Crippen LogP contribution in [-0.4, -0.2) is 35.7 Å². The fourth-order valence-electron chi connectivity index (χ4n) is 3.50. The lowest BCUT2D eigenvalue weighted by molar-refractivity contribution is 0.0840. The van der Waals surface area contributed by atoms with E-state index in [4.69, 9.17) is 0 Å². The fourth-order valence-corrected chi connectivity index (χ4v) is 3.50. The molecule has 0 aromatic heterocycles. The van der Waals surface area contributed by atoms with Crippen LogP contribution in [0.1, 0.15) is 97.3 Å². The van der Waals surface area contributed by atoms with Crippen LogP contribution in [0.5, 0.6) is 0 Å². The van der Waals surface area contributed by atoms with E-state index in [-0.39, 0.29) is 6.10 Å². The molecule has 0 amide bonds. The normalized spacial score (nSPS) is 18.7. The highest BCUT2D eigenvalue weighted by molar-refractivity contribution is 4.72. The highest BCUT2D eigenvalue weighted by Crippen LogP contribution is 2.17. The van der Waals surface area contributed by atoms with Gasteiger partial charge in [0.2, 0.25) is 0 Å². The zero-order chi connectivity index (χ0) is 16.0. The Bertz CT molecular complexity index is 236. The van der Waals surface area contributed by atoms with Gasteiger partial charge in [-0.2, -0.15) is 0 Å². The van der Waals surface area contributed by atoms with Crippen LogP contribution in [0.15, 0.2) is 0 Å². The van der Waals surface area contributed by atoms with Gasteiger partial charge in [0.1, 0.15) is 0 Å². The van der Waals surface area contributed by atoms with Crippen molar-refractivity contribution in [1.29, 1.82) is 0 Å². The average Bonchev–Trinajstić information content (AvgIpc) is 2.51. The number of nitrogens with zero attached hydrogens (tertiary/aromatic N) is 1. The quantitative estimate of drug-likeness (QED) is 0.461. The number of piperidine rings is 1. The molecule has 0 radical (unpaired) electrons. The van der Waals surface area contributed by atoms with Gasteiger partial charge >= 0.3 is 0 Å². The second-order valence-corrected chi connectivity index (χ2v) is 7.61. The van der Waals surface area contributed by atoms with Crippen LogP contribution in [0.4, 0.5) is 0 Å². The van der Waals surface area contributed by atoms with Gasteiger partial charge in [0.15, 0.2) is 0 Å². The van der Waals surface area contributed by atoms with Gasteiger partial charge in [-0.15, -0.1) is 0 Å². The molecule has 0 bridgehead atoms. The number of rotatable bonds is 13. The third-order valence-electron chi connectivity index (χ3n) is 5.24. The molecule has 22 heavy (non-hydrogen) atoms. The Labute approximate surface area is 139 Å². The van der Waals surface area contributed by atoms with Crippen LogP contribution >= 0.6 is 0 Å². The lowest BCUT2D eigenvalue weighted by Gasteiger charge is -2.31. The molecular weight excluding hydrogens is 270 g/mol. The molecule has 0 aromatic rings. The minimum Gasteiger partial charge on any atom is -0.392 e. The van der Waals surface area contributed by atoms with Crippen molar-refractivity contribution in [1.82, 2.24) is 4.90 Å². The van der Waals surface area contributed by atoms with Crippen molar-refractivity contribution >= 4 is 0 Å². The van der Waals surface area contributed by atoms with Gasteiger partial charge in [0.25, 0.3) is 0 Å². The van der Waals surface area contributed by atoms with Gasteiger partial charge in [0.05, 0.1) is 6.10 Å². The van der Waals surface area contributed by atoms with Crippen molar-refractivity contribution in [2.75, 3.05) is 19.6 Å². The van der Waals surface area contributed by atoms with Gasteiger partial charge in [0, 0.05) is 6.54 Å². The Balaban J connectivity index is 1.83. The summed E-state index contributed by atoms with van der Waals surface area (Å²) in [5, 5.41) is 10.1. The van der Waals surface area contributed by atoms with Gasteiger partial charge in [-0.05, 0) is 38.3 Å². The SMILES string of the molecule is CCCCCCCCCCCCC(O)CN1CCC(C)CC1. The van der Waals surface area contributed by atoms with Crippen LogP contribution in [0.3, 0.4) is 0 Å². The summed E-state index contributed by atoms with van der Waals surface area (Å²) in [6.45, 7) is 7.91. The second-order valence-electron chi connectivity index (χ2n) is 7.61. The standard InChI is InChI=1S/C20H41NO/c1-3-4-5-6-7-8-9-10-11-12-13-20(22)18-21-16-14-19(2)15-17-21/h19-20,22H,3-18H2,1-2H3. The first-order valence-electron chi connectivity index (χ1n) is 10.1. The molecule has 1 unspecified atom stereocenters. The third kappa shape index (κ3) is 10.6. The number of hydrogen-bond acceptors (Lipinski definition) is 2. The predicted octanol–water partition coefficient (Wildman–Crippen LogP) is 5.39. The van der Waals surface area contributed by atoms with Crippen LogP contribution in [-0.2, 0) is 0 Å². The van der Waals surface area contributed by atoms with Gasteiger partial charge in [-0.25, -0.2) is 0 Å². The van der Waals surface area contributed by atoms with E-state index in [1.165, 1.54) is 90.1 Å². The summed E-state index contributed by atoms with van der Waals surface area (Å²) >= 11 is 0. The molecule has 1 aliphatic rings. The maximum atomic E-state index is 10.1. The van der Waals surface area contributed by atoms with Crippen LogP contribution in [0.25, 0.3) is 0 Å². The highest BCUT2D eigenvalue weighted by Gasteiger charge is 2.17. The van der Waals surface area contributed by atoms with Gasteiger partial charge < -0.3 is 10.0 Å². The van der Waals surface area contributed by atoms with E-state index in [9.17, 15) is 5.11 Å². The summed E-state index contributed by atoms with van der Waals surface area (Å²) in [5.74, 6) is 0.885. The van der Waals surface area contributed by atoms with Gasteiger partial charge in [-0.3, -0.25) is 0 Å². The molecule has 1 aliphatic heterocycles. The molecule has 0 aromatic carbocycles. The molecule has 1 saturated heterocycles. The summed E-state index contributed by atoms with van der Waals surface area (Å²) in [4.78, 5) is 2.46. The van der Waals surface area contributed by atoms with Crippen molar-refractivity contribution in [3.8, 4) is 0 Å². The summed E-state index contributed by atoms with van der Waals surface area (Å²) in [6, 6.07) is 0. The van der Waals surface area contributed by atoms with Crippen LogP contribution in [0, 0.1) is 5.92 Å². The molecule has 2 nitrogen and oxygen atoms in total. The smallest absolute Gasteiger partial charge is 0.0667 e. The minimum atomic E-state index is -0.0950. The Morgan fingerprint density at radius 3 is 1.91 bits per heavy atom. The van der Waals surface area contributed by atoms with Crippen molar-refractivity contribution in [3.05, 3.63) is 0 Å². The third-order valence-corrected chi connectivity index (χ3v) is 5.24. The first kappa shape index (κ1) is 20.0. The summed E-state index contributed by atoms with van der Waals surface area (Å²) in [5.41, 5.74) is 0. The Morgan fingerprint density at radius 2 is 1.36 bits per heavy atom. The molecule has 1 N–H and O–H groups in total. The first-order valence-corrected chi connectivity index (χ1v) is 10.1. The second kappa shape index (κ2) is 13.4. The van der Waals surface area contributed by atoms with Gasteiger partial charge in [-0.1, -0.05) is 78.1 Å². The Hall–Kier alpha value is -0.0800. The maximum Gasteiger partial charge on any atom is 0.0667 e. The lowest BCUT2D eigenvalue weighted by atomic mass is 9.98. The molecule has 1 fully saturated rings. The van der Waals surface area contributed by atoms with Crippen molar-refractivity contribution in [3.63, 3.8) is 0 Å². The lowest BCUT2D eigenvalue weighted by Crippen LogP contribution is -2.38. The zero-order valence-corrected chi connectivity index (χ0v) is 15.4. The molecule has 1 atom stereocenters. The Morgan fingerprint density at radius 1 is 0.864 bits per heavy atom. The van der Waals surface area contributed by atoms with E-state index in [1.807, 2.05) is 0 Å². The zero-order valence-electron chi connectivity index (χ0n) is 15.4. The van der Waals surface area contributed by atoms with Crippen LogP contribution in [0.2, 0.25) is 0 Å². The van der Waals surface area contributed by atoms with E-state index in [2.05, 4.69) is 18.7 Å². The van der Waals surface area contributed by atoms with E-state index in [0.717, 1.165) is 18.9 Å². The maximum absolute atomic E-state index is 10.1. The predicted molar refractivity (Wildman–Crippen MR) is 97.3 cm³/mol. The van der Waals surface area contributed by atoms with E-state index in [0.29, 0.717) is 0 Å². The molecule has 0 saturated carbocycles. The molecule has 132 valence electrons. The van der Waals surface area contributed by atoms with Crippen LogP contribution < -0.4 is 0 Å². The number of unbranched alkanes of at least 4 members (excludes halogenated alkanes) is 9. The Kier molecular flexibility index (Phi) is 12.1. The van der Waals surface area contributed by atoms with E-state index in [1.54, 1.807) is 0 Å². The van der Waals surface area contributed by atoms with E-state index < -0.39 is 0 Å². The number of β-amino-alcohol motifs (C(OH)–C–C–N with tert-alkyl or cyclic N) is 1. The molecule has 2 heteroatoms. The van der Waals surface area contributed by atoms with E-state index >= 15 is 0 Å². The number of hydrogen-bond donors (Lipinski definition) is 1. The molecule has 0 aliphatic carbocycles. The number of likely N-dealkylation sites (tertiary alicyclic amines) is 1. The fraction of sp³-hybridized carbons (Fsp3) is 1.00. The highest BCUT2D eigenvalue weighted by atomic mass is 16.3. The summed E-state index contributed by atoms with van der Waals surface area (Å²) in [6.07, 6.45) is 17.3. The molecule has 1 heterocycles. The van der Waals surface area contributed by atoms with Crippen molar-refractivity contribution < 1.29 is 5.11 Å². The molecule has 1 rings (SSSR count). The monoisotopic (exact) mass is 311 g/mol. The number of aliphatic hydroxyl groups is 1. The summed E-state index contributed by atoms with van der Waals surface area (Å²) in [7, 11) is 0. The molecule has 0 spiro atoms. The summed E-state index contributed by atoms with van der Waals surface area (Å²) < 4.78 is 0. The van der Waals surface area contributed by atoms with Crippen molar-refractivity contribution in [2.45, 2.75) is 103 Å². The van der Waals surface area contributed by atoms with Crippen molar-refractivity contribution in [2.24, 2.45) is 5.92 Å². The molecular formula is C20H41NO. The average molecular weight is 312 g/mol. The largest absolute Gasteiger partial charge is 0.392 e.